The molecule has 2 aliphatic carbocycles. The number of nitrogens with zero attached hydrogens (tertiary/aromatic N) is 2. The number of aryl methyl sites for hydroxylation is 1. The van der Waals surface area contributed by atoms with E-state index in [-0.39, 0.29) is 16.6 Å². The number of allylic oxidation sites excluding steroid dienone is 2. The van der Waals surface area contributed by atoms with Crippen molar-refractivity contribution in [3.05, 3.63) is 40.3 Å². The van der Waals surface area contributed by atoms with Crippen LogP contribution < -0.4 is 0 Å². The van der Waals surface area contributed by atoms with Crippen LogP contribution in [0.25, 0.3) is 4.85 Å². The van der Waals surface area contributed by atoms with Gasteiger partial charge in [0.2, 0.25) is 5.70 Å². The zero-order valence-electron chi connectivity index (χ0n) is 11.6. The molecule has 0 unspecified atom stereocenters. The Balaban J connectivity index is 2.21. The molecule has 4 heteroatoms. The number of aromatic nitrogens is 2. The van der Waals surface area contributed by atoms with E-state index in [2.05, 4.69) is 22.0 Å². The maximum atomic E-state index is 10.4. The van der Waals surface area contributed by atoms with Gasteiger partial charge in [-0.15, -0.1) is 0 Å². The van der Waals surface area contributed by atoms with E-state index in [0.717, 1.165) is 18.5 Å². The summed E-state index contributed by atoms with van der Waals surface area (Å²) in [6, 6.07) is 0. The largest absolute Gasteiger partial charge is 0.523 e. The summed E-state index contributed by atoms with van der Waals surface area (Å²) in [5.41, 5.74) is 2.34. The van der Waals surface area contributed by atoms with Gasteiger partial charge < -0.3 is 5.11 Å². The molecule has 1 heterocycles. The first kappa shape index (κ1) is 12.3. The minimum atomic E-state index is -0.358. The molecule has 4 nitrogen and oxygen atoms in total. The van der Waals surface area contributed by atoms with E-state index in [4.69, 9.17) is 6.57 Å². The Bertz CT molecular complexity index is 605. The molecule has 1 aromatic rings. The van der Waals surface area contributed by atoms with E-state index in [1.807, 2.05) is 20.0 Å². The Morgan fingerprint density at radius 3 is 2.89 bits per heavy atom. The van der Waals surface area contributed by atoms with Gasteiger partial charge in [0.15, 0.2) is 0 Å². The molecule has 0 aromatic carbocycles. The second-order valence-electron chi connectivity index (χ2n) is 6.57. The number of aliphatic hydroxyl groups is 1. The quantitative estimate of drug-likeness (QED) is 0.700. The Morgan fingerprint density at radius 1 is 1.47 bits per heavy atom. The van der Waals surface area contributed by atoms with Crippen molar-refractivity contribution in [3.8, 4) is 0 Å². The molecule has 0 aliphatic heterocycles. The van der Waals surface area contributed by atoms with Crippen LogP contribution in [0.3, 0.4) is 0 Å². The Hall–Kier alpha value is -1.76. The maximum Gasteiger partial charge on any atom is 0.203 e. The van der Waals surface area contributed by atoms with Gasteiger partial charge in [0.25, 0.3) is 0 Å². The molecular weight excluding hydrogens is 238 g/mol. The second-order valence-corrected chi connectivity index (χ2v) is 6.57. The molecule has 0 amide bonds. The summed E-state index contributed by atoms with van der Waals surface area (Å²) < 4.78 is 0. The van der Waals surface area contributed by atoms with Gasteiger partial charge in [0, 0.05) is 17.0 Å². The molecule has 0 bridgehead atoms. The van der Waals surface area contributed by atoms with E-state index in [9.17, 15) is 5.11 Å². The number of H-pyrrole nitrogens is 1. The summed E-state index contributed by atoms with van der Waals surface area (Å²) in [5.74, 6) is 0.602. The topological polar surface area (TPSA) is 53.3 Å². The second kappa shape index (κ2) is 3.63. The predicted octanol–water partition coefficient (Wildman–Crippen LogP) is 3.35. The molecule has 0 spiro atoms. The number of aromatic amines is 1. The van der Waals surface area contributed by atoms with Crippen molar-refractivity contribution in [2.24, 2.45) is 11.3 Å². The van der Waals surface area contributed by atoms with Crippen molar-refractivity contribution >= 4 is 0 Å². The van der Waals surface area contributed by atoms with E-state index in [1.54, 1.807) is 0 Å². The zero-order chi connectivity index (χ0) is 13.8. The zero-order valence-corrected chi connectivity index (χ0v) is 11.6. The third kappa shape index (κ3) is 1.42. The molecular formula is C15H19N3O. The number of rotatable bonds is 0. The Kier molecular flexibility index (Phi) is 2.35. The van der Waals surface area contributed by atoms with E-state index >= 15 is 0 Å². The molecule has 19 heavy (non-hydrogen) atoms. The van der Waals surface area contributed by atoms with Crippen LogP contribution in [0.15, 0.2) is 17.7 Å². The molecule has 0 fully saturated rings. The Morgan fingerprint density at radius 2 is 2.21 bits per heavy atom. The summed E-state index contributed by atoms with van der Waals surface area (Å²) >= 11 is 0. The first-order valence-electron chi connectivity index (χ1n) is 6.74. The van der Waals surface area contributed by atoms with Gasteiger partial charge >= 0.3 is 0 Å². The monoisotopic (exact) mass is 257 g/mol. The third-order valence-corrected chi connectivity index (χ3v) is 5.16. The highest BCUT2D eigenvalue weighted by atomic mass is 16.3. The van der Waals surface area contributed by atoms with Crippen LogP contribution in [0, 0.1) is 17.9 Å². The van der Waals surface area contributed by atoms with E-state index in [1.165, 1.54) is 5.56 Å². The molecule has 0 saturated heterocycles. The Labute approximate surface area is 113 Å². The SMILES string of the molecule is [C-]#[N+]C1=C(O)C(C)(C)[C@@H]2CCc3c[nH]nc3[C@@]2(C)C1. The first-order valence-corrected chi connectivity index (χ1v) is 6.74. The minimum absolute atomic E-state index is 0.150. The molecule has 2 atom stereocenters. The van der Waals surface area contributed by atoms with Crippen molar-refractivity contribution in [1.29, 1.82) is 0 Å². The summed E-state index contributed by atoms with van der Waals surface area (Å²) in [7, 11) is 0. The first-order chi connectivity index (χ1) is 8.91. The van der Waals surface area contributed by atoms with Crippen LogP contribution in [0.1, 0.15) is 44.9 Å². The molecule has 0 radical (unpaired) electrons. The fourth-order valence-electron chi connectivity index (χ4n) is 4.21. The van der Waals surface area contributed by atoms with Gasteiger partial charge in [0.05, 0.1) is 12.3 Å². The highest BCUT2D eigenvalue weighted by Crippen LogP contribution is 2.57. The summed E-state index contributed by atoms with van der Waals surface area (Å²) in [4.78, 5) is 3.56. The number of nitrogens with one attached hydrogen (secondary N) is 1. The number of fused-ring (bicyclic) bond motifs is 3. The number of hydrogen-bond acceptors (Lipinski definition) is 2. The molecule has 2 aliphatic rings. The highest BCUT2D eigenvalue weighted by Gasteiger charge is 2.54. The van der Waals surface area contributed by atoms with Crippen molar-refractivity contribution in [2.45, 2.75) is 45.4 Å². The van der Waals surface area contributed by atoms with Crippen LogP contribution in [0.4, 0.5) is 0 Å². The van der Waals surface area contributed by atoms with Crippen LogP contribution >= 0.6 is 0 Å². The van der Waals surface area contributed by atoms with Gasteiger partial charge in [-0.3, -0.25) is 5.10 Å². The average Bonchev–Trinajstić information content (AvgIpc) is 2.83. The summed E-state index contributed by atoms with van der Waals surface area (Å²) in [5, 5.41) is 17.8. The van der Waals surface area contributed by atoms with E-state index < -0.39 is 0 Å². The summed E-state index contributed by atoms with van der Waals surface area (Å²) in [6.45, 7) is 13.6. The lowest BCUT2D eigenvalue weighted by Crippen LogP contribution is -2.49. The van der Waals surface area contributed by atoms with Crippen LogP contribution in [0.5, 0.6) is 0 Å². The average molecular weight is 257 g/mol. The van der Waals surface area contributed by atoms with Gasteiger partial charge in [-0.1, -0.05) is 20.8 Å². The van der Waals surface area contributed by atoms with Gasteiger partial charge in [0.1, 0.15) is 5.76 Å². The van der Waals surface area contributed by atoms with Crippen molar-refractivity contribution in [3.63, 3.8) is 0 Å². The fourth-order valence-corrected chi connectivity index (χ4v) is 4.21. The van der Waals surface area contributed by atoms with Gasteiger partial charge in [-0.25, -0.2) is 4.85 Å². The molecule has 1 aromatic heterocycles. The standard InChI is InChI=1S/C15H19N3O/c1-14(2)11-6-5-9-8-17-18-12(9)15(11,3)7-10(16-4)13(14)19/h8,11,19H,5-7H2,1-3H3,(H,17,18)/t11-,15-/m0/s1. The highest BCUT2D eigenvalue weighted by molar-refractivity contribution is 5.39. The maximum absolute atomic E-state index is 10.4. The van der Waals surface area contributed by atoms with Crippen molar-refractivity contribution in [1.82, 2.24) is 10.2 Å². The molecule has 0 saturated carbocycles. The lowest BCUT2D eigenvalue weighted by molar-refractivity contribution is 0.0629. The molecule has 3 rings (SSSR count). The fraction of sp³-hybridized carbons (Fsp3) is 0.600. The minimum Gasteiger partial charge on any atom is -0.523 e. The van der Waals surface area contributed by atoms with Crippen molar-refractivity contribution in [2.75, 3.05) is 0 Å². The molecule has 100 valence electrons. The number of aliphatic hydroxyl groups excluding tert-OH is 1. The van der Waals surface area contributed by atoms with Gasteiger partial charge in [-0.05, 0) is 30.7 Å². The summed E-state index contributed by atoms with van der Waals surface area (Å²) in [6.07, 6.45) is 4.59. The normalized spacial score (nSPS) is 32.4. The van der Waals surface area contributed by atoms with Crippen LogP contribution in [0.2, 0.25) is 0 Å². The van der Waals surface area contributed by atoms with Crippen LogP contribution in [-0.4, -0.2) is 15.3 Å². The lowest BCUT2D eigenvalue weighted by Gasteiger charge is -2.51. The van der Waals surface area contributed by atoms with Crippen LogP contribution in [-0.2, 0) is 11.8 Å². The van der Waals surface area contributed by atoms with Crippen molar-refractivity contribution < 1.29 is 5.11 Å². The predicted molar refractivity (Wildman–Crippen MR) is 72.4 cm³/mol. The van der Waals surface area contributed by atoms with Gasteiger partial charge in [-0.2, -0.15) is 5.10 Å². The molecule has 2 N–H and O–H groups in total. The third-order valence-electron chi connectivity index (χ3n) is 5.16. The smallest absolute Gasteiger partial charge is 0.203 e. The number of hydrogen-bond donors (Lipinski definition) is 2. The van der Waals surface area contributed by atoms with E-state index in [0.29, 0.717) is 18.0 Å². The lowest BCUT2D eigenvalue weighted by atomic mass is 9.53.